The van der Waals surface area contributed by atoms with Crippen molar-refractivity contribution in [2.45, 2.75) is 6.54 Å². The largest absolute Gasteiger partial charge is 0.491 e. The van der Waals surface area contributed by atoms with Crippen LogP contribution in [0.2, 0.25) is 0 Å². The van der Waals surface area contributed by atoms with Crippen molar-refractivity contribution in [2.75, 3.05) is 26.4 Å². The molecular formula is C17H21NO3. The molecule has 0 radical (unpaired) electrons. The van der Waals surface area contributed by atoms with Crippen LogP contribution in [-0.2, 0) is 11.3 Å². The summed E-state index contributed by atoms with van der Waals surface area (Å²) in [5, 5.41) is 0. The Morgan fingerprint density at radius 2 is 1.38 bits per heavy atom. The quantitative estimate of drug-likeness (QED) is 0.720. The second-order valence-corrected chi connectivity index (χ2v) is 4.47. The zero-order valence-corrected chi connectivity index (χ0v) is 12.0. The fraction of sp³-hybridized carbons (Fsp3) is 0.294. The molecule has 0 saturated carbocycles. The Morgan fingerprint density at radius 3 is 2.10 bits per heavy atom. The first-order valence-electron chi connectivity index (χ1n) is 7.06. The van der Waals surface area contributed by atoms with Gasteiger partial charge in [-0.15, -0.1) is 0 Å². The Morgan fingerprint density at radius 1 is 0.714 bits per heavy atom. The van der Waals surface area contributed by atoms with E-state index in [1.54, 1.807) is 0 Å². The highest BCUT2D eigenvalue weighted by Gasteiger charge is 1.96. The summed E-state index contributed by atoms with van der Waals surface area (Å²) >= 11 is 0. The lowest BCUT2D eigenvalue weighted by Gasteiger charge is -2.09. The van der Waals surface area contributed by atoms with Crippen molar-refractivity contribution in [2.24, 2.45) is 5.73 Å². The van der Waals surface area contributed by atoms with Gasteiger partial charge >= 0.3 is 0 Å². The highest BCUT2D eigenvalue weighted by Crippen LogP contribution is 2.12. The van der Waals surface area contributed by atoms with Gasteiger partial charge in [0.05, 0.1) is 13.2 Å². The van der Waals surface area contributed by atoms with Gasteiger partial charge in [-0.3, -0.25) is 0 Å². The second-order valence-electron chi connectivity index (χ2n) is 4.47. The summed E-state index contributed by atoms with van der Waals surface area (Å²) in [6.07, 6.45) is 0. The Labute approximate surface area is 125 Å². The number of para-hydroxylation sites is 1. The van der Waals surface area contributed by atoms with Gasteiger partial charge in [-0.1, -0.05) is 30.3 Å². The molecule has 0 aliphatic carbocycles. The maximum atomic E-state index is 5.59. The van der Waals surface area contributed by atoms with Crippen LogP contribution in [0.25, 0.3) is 0 Å². The van der Waals surface area contributed by atoms with Crippen LogP contribution in [0.4, 0.5) is 0 Å². The molecule has 2 N–H and O–H groups in total. The smallest absolute Gasteiger partial charge is 0.119 e. The Hall–Kier alpha value is -2.04. The molecule has 21 heavy (non-hydrogen) atoms. The third-order valence-corrected chi connectivity index (χ3v) is 2.87. The Bertz CT molecular complexity index is 516. The summed E-state index contributed by atoms with van der Waals surface area (Å²) < 4.78 is 16.6. The highest BCUT2D eigenvalue weighted by molar-refractivity contribution is 5.28. The molecule has 0 unspecified atom stereocenters. The van der Waals surface area contributed by atoms with Crippen molar-refractivity contribution in [3.8, 4) is 11.5 Å². The topological polar surface area (TPSA) is 53.7 Å². The molecule has 0 bridgehead atoms. The molecule has 0 aliphatic rings. The van der Waals surface area contributed by atoms with E-state index in [0.717, 1.165) is 17.1 Å². The van der Waals surface area contributed by atoms with E-state index in [1.165, 1.54) is 0 Å². The second kappa shape index (κ2) is 9.00. The fourth-order valence-electron chi connectivity index (χ4n) is 1.82. The molecular weight excluding hydrogens is 266 g/mol. The average Bonchev–Trinajstić information content (AvgIpc) is 2.55. The number of hydrogen-bond donors (Lipinski definition) is 1. The molecule has 4 nitrogen and oxygen atoms in total. The molecule has 2 aromatic carbocycles. The minimum Gasteiger partial charge on any atom is -0.491 e. The van der Waals surface area contributed by atoms with Crippen LogP contribution in [0.3, 0.4) is 0 Å². The number of benzene rings is 2. The van der Waals surface area contributed by atoms with Crippen molar-refractivity contribution in [3.63, 3.8) is 0 Å². The number of rotatable bonds is 9. The SMILES string of the molecule is NCc1cccc(OCCOCCOc2ccccc2)c1. The Kier molecular flexibility index (Phi) is 6.58. The molecule has 4 heteroatoms. The van der Waals surface area contributed by atoms with Gasteiger partial charge in [0.15, 0.2) is 0 Å². The summed E-state index contributed by atoms with van der Waals surface area (Å²) in [7, 11) is 0. The van der Waals surface area contributed by atoms with Gasteiger partial charge in [-0.2, -0.15) is 0 Å². The first-order valence-corrected chi connectivity index (χ1v) is 7.06. The lowest BCUT2D eigenvalue weighted by Crippen LogP contribution is -2.12. The molecule has 0 fully saturated rings. The predicted molar refractivity (Wildman–Crippen MR) is 82.6 cm³/mol. The molecule has 0 spiro atoms. The van der Waals surface area contributed by atoms with E-state index in [2.05, 4.69) is 0 Å². The lowest BCUT2D eigenvalue weighted by atomic mass is 10.2. The van der Waals surface area contributed by atoms with E-state index >= 15 is 0 Å². The van der Waals surface area contributed by atoms with Gasteiger partial charge in [0, 0.05) is 6.54 Å². The van der Waals surface area contributed by atoms with Gasteiger partial charge in [0.2, 0.25) is 0 Å². The van der Waals surface area contributed by atoms with Crippen LogP contribution in [-0.4, -0.2) is 26.4 Å². The maximum absolute atomic E-state index is 5.59. The number of ether oxygens (including phenoxy) is 3. The standard InChI is InChI=1S/C17H21NO3/c18-14-15-5-4-8-17(13-15)21-12-10-19-9-11-20-16-6-2-1-3-7-16/h1-8,13H,9-12,14,18H2. The van der Waals surface area contributed by atoms with Gasteiger partial charge in [-0.25, -0.2) is 0 Å². The van der Waals surface area contributed by atoms with Crippen LogP contribution >= 0.6 is 0 Å². The molecule has 0 aromatic heterocycles. The third-order valence-electron chi connectivity index (χ3n) is 2.87. The summed E-state index contributed by atoms with van der Waals surface area (Å²) in [4.78, 5) is 0. The van der Waals surface area contributed by atoms with E-state index in [1.807, 2.05) is 54.6 Å². The van der Waals surface area contributed by atoms with E-state index in [-0.39, 0.29) is 0 Å². The van der Waals surface area contributed by atoms with Crippen molar-refractivity contribution in [3.05, 3.63) is 60.2 Å². The molecule has 0 amide bonds. The number of hydrogen-bond acceptors (Lipinski definition) is 4. The first kappa shape index (κ1) is 15.4. The summed E-state index contributed by atoms with van der Waals surface area (Å²) in [5.41, 5.74) is 6.64. The zero-order valence-electron chi connectivity index (χ0n) is 12.0. The normalized spacial score (nSPS) is 10.3. The minimum atomic E-state index is 0.513. The summed E-state index contributed by atoms with van der Waals surface area (Å²) in [5.74, 6) is 1.68. The maximum Gasteiger partial charge on any atom is 0.119 e. The van der Waals surface area contributed by atoms with Crippen LogP contribution in [0.5, 0.6) is 11.5 Å². The predicted octanol–water partition coefficient (Wildman–Crippen LogP) is 2.62. The summed E-state index contributed by atoms with van der Waals surface area (Å²) in [6.45, 7) is 2.64. The van der Waals surface area contributed by atoms with Gasteiger partial charge in [0.1, 0.15) is 24.7 Å². The fourth-order valence-corrected chi connectivity index (χ4v) is 1.82. The van der Waals surface area contributed by atoms with Crippen molar-refractivity contribution in [1.29, 1.82) is 0 Å². The van der Waals surface area contributed by atoms with E-state index in [0.29, 0.717) is 33.0 Å². The van der Waals surface area contributed by atoms with Crippen LogP contribution in [0.1, 0.15) is 5.56 Å². The van der Waals surface area contributed by atoms with E-state index < -0.39 is 0 Å². The molecule has 0 saturated heterocycles. The van der Waals surface area contributed by atoms with Crippen molar-refractivity contribution in [1.82, 2.24) is 0 Å². The third kappa shape index (κ3) is 5.85. The molecule has 0 atom stereocenters. The van der Waals surface area contributed by atoms with E-state index in [9.17, 15) is 0 Å². The molecule has 2 rings (SSSR count). The van der Waals surface area contributed by atoms with Gasteiger partial charge < -0.3 is 19.9 Å². The van der Waals surface area contributed by atoms with Crippen molar-refractivity contribution < 1.29 is 14.2 Å². The summed E-state index contributed by atoms with van der Waals surface area (Å²) in [6, 6.07) is 17.5. The molecule has 0 aliphatic heterocycles. The average molecular weight is 287 g/mol. The Balaban J connectivity index is 1.54. The van der Waals surface area contributed by atoms with E-state index in [4.69, 9.17) is 19.9 Å². The number of nitrogens with two attached hydrogens (primary N) is 1. The van der Waals surface area contributed by atoms with Crippen LogP contribution in [0, 0.1) is 0 Å². The minimum absolute atomic E-state index is 0.513. The molecule has 112 valence electrons. The van der Waals surface area contributed by atoms with Crippen LogP contribution < -0.4 is 15.2 Å². The van der Waals surface area contributed by atoms with Gasteiger partial charge in [0.25, 0.3) is 0 Å². The van der Waals surface area contributed by atoms with Crippen LogP contribution in [0.15, 0.2) is 54.6 Å². The van der Waals surface area contributed by atoms with Gasteiger partial charge in [-0.05, 0) is 29.8 Å². The molecule has 0 heterocycles. The first-order chi connectivity index (χ1) is 10.4. The zero-order chi connectivity index (χ0) is 14.8. The highest BCUT2D eigenvalue weighted by atomic mass is 16.5. The molecule has 2 aromatic rings. The van der Waals surface area contributed by atoms with Crippen molar-refractivity contribution >= 4 is 0 Å². The monoisotopic (exact) mass is 287 g/mol. The lowest BCUT2D eigenvalue weighted by molar-refractivity contribution is 0.0764.